The minimum atomic E-state index is -0.974. The maximum Gasteiger partial charge on any atom is 0.408 e. The standard InChI is InChI=1S/C27H29N3O5/c1-34-22-14-12-21(13-15-22)18-35-27(33)30-24(17-20-10-6-3-7-11-20)26(32)29-23(25(28)31)16-19-8-4-2-5-9-19/h2-15,23-24H,16-18H2,1H3,(H2,28,31)(H,29,32)(H,30,33)/t23-,24-/m0/s1. The molecule has 3 aromatic rings. The van der Waals surface area contributed by atoms with Crippen LogP contribution in [0.1, 0.15) is 16.7 Å². The van der Waals surface area contributed by atoms with E-state index in [9.17, 15) is 14.4 Å². The van der Waals surface area contributed by atoms with Gasteiger partial charge in [-0.1, -0.05) is 72.8 Å². The zero-order valence-electron chi connectivity index (χ0n) is 19.5. The first-order chi connectivity index (χ1) is 16.9. The number of methoxy groups -OCH3 is 1. The summed E-state index contributed by atoms with van der Waals surface area (Å²) in [6.45, 7) is 0.0213. The molecular formula is C27H29N3O5. The Morgan fingerprint density at radius 3 is 1.80 bits per heavy atom. The molecule has 8 heteroatoms. The van der Waals surface area contributed by atoms with Crippen LogP contribution in [0.5, 0.6) is 5.75 Å². The maximum atomic E-state index is 13.1. The second kappa shape index (κ2) is 12.8. The number of benzene rings is 3. The molecule has 0 fully saturated rings. The Labute approximate surface area is 204 Å². The zero-order chi connectivity index (χ0) is 25.0. The molecule has 35 heavy (non-hydrogen) atoms. The fourth-order valence-electron chi connectivity index (χ4n) is 3.46. The molecule has 0 heterocycles. The normalized spacial score (nSPS) is 12.1. The summed E-state index contributed by atoms with van der Waals surface area (Å²) in [5.74, 6) is -0.505. The lowest BCUT2D eigenvalue weighted by Gasteiger charge is -2.22. The Morgan fingerprint density at radius 1 is 0.743 bits per heavy atom. The molecule has 0 spiro atoms. The van der Waals surface area contributed by atoms with Gasteiger partial charge >= 0.3 is 6.09 Å². The molecule has 0 aliphatic carbocycles. The van der Waals surface area contributed by atoms with E-state index in [1.165, 1.54) is 0 Å². The summed E-state index contributed by atoms with van der Waals surface area (Å²) >= 11 is 0. The van der Waals surface area contributed by atoms with E-state index < -0.39 is 30.0 Å². The van der Waals surface area contributed by atoms with Crippen LogP contribution in [0.15, 0.2) is 84.9 Å². The molecule has 0 radical (unpaired) electrons. The molecule has 0 unspecified atom stereocenters. The van der Waals surface area contributed by atoms with E-state index >= 15 is 0 Å². The number of carbonyl (C=O) groups is 3. The number of alkyl carbamates (subject to hydrolysis) is 1. The van der Waals surface area contributed by atoms with Crippen molar-refractivity contribution >= 4 is 17.9 Å². The van der Waals surface area contributed by atoms with Gasteiger partial charge in [0.05, 0.1) is 7.11 Å². The van der Waals surface area contributed by atoms with Gasteiger partial charge in [0.1, 0.15) is 24.4 Å². The highest BCUT2D eigenvalue weighted by Gasteiger charge is 2.26. The number of primary amides is 1. The molecule has 0 aromatic heterocycles. The number of nitrogens with two attached hydrogens (primary N) is 1. The SMILES string of the molecule is COc1ccc(COC(=O)N[C@@H](Cc2ccccc2)C(=O)N[C@@H](Cc2ccccc2)C(N)=O)cc1. The van der Waals surface area contributed by atoms with E-state index in [0.717, 1.165) is 16.7 Å². The van der Waals surface area contributed by atoms with Crippen molar-refractivity contribution in [1.82, 2.24) is 10.6 Å². The smallest absolute Gasteiger partial charge is 0.408 e. The van der Waals surface area contributed by atoms with Crippen LogP contribution in [0.3, 0.4) is 0 Å². The zero-order valence-corrected chi connectivity index (χ0v) is 19.5. The number of hydrogen-bond acceptors (Lipinski definition) is 5. The van der Waals surface area contributed by atoms with Crippen molar-refractivity contribution in [3.63, 3.8) is 0 Å². The quantitative estimate of drug-likeness (QED) is 0.394. The van der Waals surface area contributed by atoms with Crippen LogP contribution in [0.2, 0.25) is 0 Å². The first-order valence-electron chi connectivity index (χ1n) is 11.2. The van der Waals surface area contributed by atoms with Crippen LogP contribution in [-0.4, -0.2) is 37.1 Å². The van der Waals surface area contributed by atoms with Crippen LogP contribution < -0.4 is 21.1 Å². The average molecular weight is 476 g/mol. The van der Waals surface area contributed by atoms with Crippen molar-refractivity contribution < 1.29 is 23.9 Å². The Morgan fingerprint density at radius 2 is 1.29 bits per heavy atom. The Bertz CT molecular complexity index is 1100. The molecule has 8 nitrogen and oxygen atoms in total. The van der Waals surface area contributed by atoms with Crippen LogP contribution in [0, 0.1) is 0 Å². The second-order valence-electron chi connectivity index (χ2n) is 7.96. The van der Waals surface area contributed by atoms with Crippen molar-refractivity contribution in [3.8, 4) is 5.75 Å². The molecule has 3 aromatic carbocycles. The van der Waals surface area contributed by atoms with Gasteiger partial charge in [-0.25, -0.2) is 4.79 Å². The molecule has 4 N–H and O–H groups in total. The summed E-state index contributed by atoms with van der Waals surface area (Å²) in [6, 6.07) is 23.6. The van der Waals surface area contributed by atoms with Crippen LogP contribution in [-0.2, 0) is 33.8 Å². The first-order valence-corrected chi connectivity index (χ1v) is 11.2. The third-order valence-electron chi connectivity index (χ3n) is 5.36. The van der Waals surface area contributed by atoms with Crippen molar-refractivity contribution in [1.29, 1.82) is 0 Å². The van der Waals surface area contributed by atoms with Gasteiger partial charge in [-0.15, -0.1) is 0 Å². The molecule has 0 saturated heterocycles. The molecule has 2 atom stereocenters. The number of ether oxygens (including phenoxy) is 2. The van der Waals surface area contributed by atoms with E-state index in [-0.39, 0.29) is 19.4 Å². The van der Waals surface area contributed by atoms with Gasteiger partial charge in [-0.2, -0.15) is 0 Å². The number of hydrogen-bond donors (Lipinski definition) is 3. The number of carbonyl (C=O) groups excluding carboxylic acids is 3. The molecule has 0 aliphatic rings. The topological polar surface area (TPSA) is 120 Å². The predicted octanol–water partition coefficient (Wildman–Crippen LogP) is 2.75. The van der Waals surface area contributed by atoms with Gasteiger partial charge in [0.2, 0.25) is 11.8 Å². The summed E-state index contributed by atoms with van der Waals surface area (Å²) in [5.41, 5.74) is 8.00. The van der Waals surface area contributed by atoms with Gasteiger partial charge in [-0.05, 0) is 28.8 Å². The van der Waals surface area contributed by atoms with Gasteiger partial charge < -0.3 is 25.8 Å². The summed E-state index contributed by atoms with van der Waals surface area (Å²) in [6.07, 6.45) is -0.307. The highest BCUT2D eigenvalue weighted by atomic mass is 16.5. The summed E-state index contributed by atoms with van der Waals surface area (Å²) in [5, 5.41) is 5.30. The molecule has 0 aliphatic heterocycles. The average Bonchev–Trinajstić information content (AvgIpc) is 2.88. The highest BCUT2D eigenvalue weighted by molar-refractivity contribution is 5.91. The van der Waals surface area contributed by atoms with E-state index in [4.69, 9.17) is 15.2 Å². The molecule has 182 valence electrons. The van der Waals surface area contributed by atoms with Crippen molar-refractivity contribution in [2.45, 2.75) is 31.5 Å². The minimum Gasteiger partial charge on any atom is -0.497 e. The maximum absolute atomic E-state index is 13.1. The van der Waals surface area contributed by atoms with Gasteiger partial charge in [0.25, 0.3) is 0 Å². The van der Waals surface area contributed by atoms with Crippen molar-refractivity contribution in [2.75, 3.05) is 7.11 Å². The Kier molecular flexibility index (Phi) is 9.24. The molecule has 3 amide bonds. The van der Waals surface area contributed by atoms with Crippen molar-refractivity contribution in [3.05, 3.63) is 102 Å². The third kappa shape index (κ3) is 8.19. The molecule has 0 bridgehead atoms. The summed E-state index contributed by atoms with van der Waals surface area (Å²) in [4.78, 5) is 37.7. The number of amides is 3. The lowest BCUT2D eigenvalue weighted by Crippen LogP contribution is -2.54. The summed E-state index contributed by atoms with van der Waals surface area (Å²) < 4.78 is 10.4. The van der Waals surface area contributed by atoms with Gasteiger partial charge in [0, 0.05) is 12.8 Å². The number of rotatable bonds is 11. The predicted molar refractivity (Wildman–Crippen MR) is 132 cm³/mol. The highest BCUT2D eigenvalue weighted by Crippen LogP contribution is 2.12. The lowest BCUT2D eigenvalue weighted by atomic mass is 10.0. The fourth-order valence-corrected chi connectivity index (χ4v) is 3.46. The summed E-state index contributed by atoms with van der Waals surface area (Å²) in [7, 11) is 1.57. The van der Waals surface area contributed by atoms with Gasteiger partial charge in [0.15, 0.2) is 0 Å². The van der Waals surface area contributed by atoms with Crippen molar-refractivity contribution in [2.24, 2.45) is 5.73 Å². The van der Waals surface area contributed by atoms with Crippen LogP contribution in [0.4, 0.5) is 4.79 Å². The van der Waals surface area contributed by atoms with E-state index in [1.54, 1.807) is 31.4 Å². The van der Waals surface area contributed by atoms with Crippen LogP contribution in [0.25, 0.3) is 0 Å². The lowest BCUT2D eigenvalue weighted by molar-refractivity contribution is -0.128. The second-order valence-corrected chi connectivity index (χ2v) is 7.96. The minimum absolute atomic E-state index is 0.0213. The largest absolute Gasteiger partial charge is 0.497 e. The Hall–Kier alpha value is -4.33. The third-order valence-corrected chi connectivity index (χ3v) is 5.36. The van der Waals surface area contributed by atoms with Crippen LogP contribution >= 0.6 is 0 Å². The van der Waals surface area contributed by atoms with E-state index in [2.05, 4.69) is 10.6 Å². The monoisotopic (exact) mass is 475 g/mol. The fraction of sp³-hybridized carbons (Fsp3) is 0.222. The molecular weight excluding hydrogens is 446 g/mol. The first kappa shape index (κ1) is 25.3. The molecule has 0 saturated carbocycles. The molecule has 3 rings (SSSR count). The van der Waals surface area contributed by atoms with E-state index in [1.807, 2.05) is 60.7 Å². The van der Waals surface area contributed by atoms with Gasteiger partial charge in [-0.3, -0.25) is 9.59 Å². The number of nitrogens with one attached hydrogen (secondary N) is 2. The van der Waals surface area contributed by atoms with E-state index in [0.29, 0.717) is 5.75 Å². The Balaban J connectivity index is 1.66.